The molecule has 0 aliphatic carbocycles. The van der Waals surface area contributed by atoms with E-state index in [0.717, 1.165) is 24.5 Å². The summed E-state index contributed by atoms with van der Waals surface area (Å²) in [6.45, 7) is 5.23. The number of hydrogen-bond acceptors (Lipinski definition) is 4. The number of nitrogens with one attached hydrogen (secondary N) is 1. The van der Waals surface area contributed by atoms with Gasteiger partial charge >= 0.3 is 0 Å². The highest BCUT2D eigenvalue weighted by Gasteiger charge is 2.00. The average molecular weight is 211 g/mol. The number of thioether (sulfide) groups is 1. The van der Waals surface area contributed by atoms with Gasteiger partial charge in [-0.25, -0.2) is 9.97 Å². The van der Waals surface area contributed by atoms with Crippen molar-refractivity contribution < 1.29 is 0 Å². The summed E-state index contributed by atoms with van der Waals surface area (Å²) in [6, 6.07) is 2.01. The van der Waals surface area contributed by atoms with E-state index in [0.29, 0.717) is 5.25 Å². The van der Waals surface area contributed by atoms with Crippen LogP contribution in [0.2, 0.25) is 0 Å². The summed E-state index contributed by atoms with van der Waals surface area (Å²) in [5.74, 6) is 0.928. The molecule has 0 aliphatic rings. The molecule has 1 unspecified atom stereocenters. The van der Waals surface area contributed by atoms with E-state index in [1.165, 1.54) is 0 Å². The summed E-state index contributed by atoms with van der Waals surface area (Å²) in [5.41, 5.74) is 1.08. The van der Waals surface area contributed by atoms with Crippen LogP contribution in [0.3, 0.4) is 0 Å². The van der Waals surface area contributed by atoms with Crippen LogP contribution in [-0.4, -0.2) is 28.0 Å². The molecule has 0 saturated heterocycles. The molecule has 0 amide bonds. The van der Waals surface area contributed by atoms with E-state index in [4.69, 9.17) is 0 Å². The molecule has 0 aromatic carbocycles. The Hall–Kier alpha value is -0.770. The Morgan fingerprint density at radius 1 is 1.50 bits per heavy atom. The third-order valence-corrected chi connectivity index (χ3v) is 3.03. The first-order valence-electron chi connectivity index (χ1n) is 4.83. The van der Waals surface area contributed by atoms with Crippen molar-refractivity contribution in [3.63, 3.8) is 0 Å². The van der Waals surface area contributed by atoms with Gasteiger partial charge in [-0.2, -0.15) is 11.8 Å². The lowest BCUT2D eigenvalue weighted by Crippen LogP contribution is -2.13. The topological polar surface area (TPSA) is 37.8 Å². The summed E-state index contributed by atoms with van der Waals surface area (Å²) in [6.07, 6.45) is 4.68. The molecule has 1 heterocycles. The Morgan fingerprint density at radius 2 is 2.29 bits per heavy atom. The van der Waals surface area contributed by atoms with Gasteiger partial charge in [-0.3, -0.25) is 0 Å². The standard InChI is InChI=1S/C10H17N3S/c1-4-9-5-10(13-7-12-9)11-6-8(2)14-3/h5,7-8H,4,6H2,1-3H3,(H,11,12,13). The fraction of sp³-hybridized carbons (Fsp3) is 0.600. The zero-order valence-corrected chi connectivity index (χ0v) is 9.77. The van der Waals surface area contributed by atoms with Gasteiger partial charge in [0.05, 0.1) is 0 Å². The minimum atomic E-state index is 0.607. The molecule has 1 aromatic heterocycles. The summed E-state index contributed by atoms with van der Waals surface area (Å²) < 4.78 is 0. The van der Waals surface area contributed by atoms with Crippen LogP contribution in [0.1, 0.15) is 19.5 Å². The van der Waals surface area contributed by atoms with Gasteiger partial charge in [0, 0.05) is 23.6 Å². The first-order chi connectivity index (χ1) is 6.76. The van der Waals surface area contributed by atoms with Crippen LogP contribution in [0.4, 0.5) is 5.82 Å². The average Bonchev–Trinajstić information content (AvgIpc) is 2.26. The molecule has 4 heteroatoms. The molecule has 0 saturated carbocycles. The third kappa shape index (κ3) is 3.54. The molecular weight excluding hydrogens is 194 g/mol. The summed E-state index contributed by atoms with van der Waals surface area (Å²) in [4.78, 5) is 8.31. The number of rotatable bonds is 5. The van der Waals surface area contributed by atoms with Crippen molar-refractivity contribution in [1.29, 1.82) is 0 Å². The third-order valence-electron chi connectivity index (χ3n) is 2.06. The van der Waals surface area contributed by atoms with Crippen molar-refractivity contribution >= 4 is 17.6 Å². The predicted octanol–water partition coefficient (Wildman–Crippen LogP) is 2.20. The molecule has 14 heavy (non-hydrogen) atoms. The first-order valence-corrected chi connectivity index (χ1v) is 6.12. The first kappa shape index (κ1) is 11.3. The van der Waals surface area contributed by atoms with Crippen LogP contribution >= 0.6 is 11.8 Å². The molecule has 0 bridgehead atoms. The second-order valence-electron chi connectivity index (χ2n) is 3.18. The van der Waals surface area contributed by atoms with Gasteiger partial charge in [0.15, 0.2) is 0 Å². The van der Waals surface area contributed by atoms with Gasteiger partial charge in [-0.05, 0) is 12.7 Å². The van der Waals surface area contributed by atoms with Gasteiger partial charge in [0.2, 0.25) is 0 Å². The number of hydrogen-bond donors (Lipinski definition) is 1. The van der Waals surface area contributed by atoms with Crippen molar-refractivity contribution in [1.82, 2.24) is 9.97 Å². The number of aromatic nitrogens is 2. The van der Waals surface area contributed by atoms with Crippen LogP contribution in [0.5, 0.6) is 0 Å². The van der Waals surface area contributed by atoms with Gasteiger partial charge in [0.25, 0.3) is 0 Å². The Balaban J connectivity index is 2.50. The fourth-order valence-electron chi connectivity index (χ4n) is 1.02. The van der Waals surface area contributed by atoms with Crippen LogP contribution in [-0.2, 0) is 6.42 Å². The molecule has 1 atom stereocenters. The van der Waals surface area contributed by atoms with Gasteiger partial charge in [-0.15, -0.1) is 0 Å². The van der Waals surface area contributed by atoms with Crippen LogP contribution < -0.4 is 5.32 Å². The number of nitrogens with zero attached hydrogens (tertiary/aromatic N) is 2. The van der Waals surface area contributed by atoms with Crippen LogP contribution in [0.15, 0.2) is 12.4 Å². The molecule has 1 N–H and O–H groups in total. The number of anilines is 1. The molecule has 0 fully saturated rings. The second-order valence-corrected chi connectivity index (χ2v) is 4.45. The largest absolute Gasteiger partial charge is 0.369 e. The SMILES string of the molecule is CCc1cc(NCC(C)SC)ncn1. The Bertz CT molecular complexity index is 278. The van der Waals surface area contributed by atoms with Gasteiger partial charge in [0.1, 0.15) is 12.1 Å². The minimum Gasteiger partial charge on any atom is -0.369 e. The summed E-state index contributed by atoms with van der Waals surface area (Å²) in [5, 5.41) is 3.90. The highest BCUT2D eigenvalue weighted by atomic mass is 32.2. The van der Waals surface area contributed by atoms with Crippen LogP contribution in [0.25, 0.3) is 0 Å². The van der Waals surface area contributed by atoms with E-state index in [1.54, 1.807) is 6.33 Å². The van der Waals surface area contributed by atoms with Crippen molar-refractivity contribution in [2.24, 2.45) is 0 Å². The van der Waals surface area contributed by atoms with Crippen molar-refractivity contribution in [3.8, 4) is 0 Å². The summed E-state index contributed by atoms with van der Waals surface area (Å²) >= 11 is 1.85. The Morgan fingerprint density at radius 3 is 2.93 bits per heavy atom. The van der Waals surface area contributed by atoms with E-state index in [9.17, 15) is 0 Å². The molecular formula is C10H17N3S. The predicted molar refractivity (Wildman–Crippen MR) is 62.9 cm³/mol. The minimum absolute atomic E-state index is 0.607. The fourth-order valence-corrected chi connectivity index (χ4v) is 1.27. The second kappa shape index (κ2) is 5.86. The monoisotopic (exact) mass is 211 g/mol. The quantitative estimate of drug-likeness (QED) is 0.810. The maximum Gasteiger partial charge on any atom is 0.129 e. The van der Waals surface area contributed by atoms with Crippen molar-refractivity contribution in [2.45, 2.75) is 25.5 Å². The molecule has 0 spiro atoms. The van der Waals surface area contributed by atoms with E-state index in [1.807, 2.05) is 17.8 Å². The molecule has 3 nitrogen and oxygen atoms in total. The van der Waals surface area contributed by atoms with Gasteiger partial charge < -0.3 is 5.32 Å². The summed E-state index contributed by atoms with van der Waals surface area (Å²) in [7, 11) is 0. The lowest BCUT2D eigenvalue weighted by atomic mass is 10.3. The normalized spacial score (nSPS) is 12.5. The number of aryl methyl sites for hydroxylation is 1. The molecule has 78 valence electrons. The highest BCUT2D eigenvalue weighted by molar-refractivity contribution is 7.99. The Labute approximate surface area is 89.7 Å². The zero-order valence-electron chi connectivity index (χ0n) is 8.95. The Kier molecular flexibility index (Phi) is 4.73. The van der Waals surface area contributed by atoms with Crippen molar-refractivity contribution in [2.75, 3.05) is 18.1 Å². The molecule has 1 rings (SSSR count). The lowest BCUT2D eigenvalue weighted by molar-refractivity contribution is 0.961. The molecule has 0 aliphatic heterocycles. The maximum absolute atomic E-state index is 4.16. The maximum atomic E-state index is 4.16. The van der Waals surface area contributed by atoms with E-state index >= 15 is 0 Å². The van der Waals surface area contributed by atoms with E-state index < -0.39 is 0 Å². The van der Waals surface area contributed by atoms with E-state index in [2.05, 4.69) is 35.4 Å². The van der Waals surface area contributed by atoms with Crippen molar-refractivity contribution in [3.05, 3.63) is 18.1 Å². The molecule has 0 radical (unpaired) electrons. The molecule has 1 aromatic rings. The smallest absolute Gasteiger partial charge is 0.129 e. The highest BCUT2D eigenvalue weighted by Crippen LogP contribution is 2.08. The van der Waals surface area contributed by atoms with Crippen LogP contribution in [0, 0.1) is 0 Å². The zero-order chi connectivity index (χ0) is 10.4. The lowest BCUT2D eigenvalue weighted by Gasteiger charge is -2.10. The van der Waals surface area contributed by atoms with Gasteiger partial charge in [-0.1, -0.05) is 13.8 Å². The van der Waals surface area contributed by atoms with E-state index in [-0.39, 0.29) is 0 Å².